The molecule has 1 fully saturated rings. The van der Waals surface area contributed by atoms with Gasteiger partial charge in [-0.3, -0.25) is 4.98 Å². The average molecular weight is 568 g/mol. The maximum Gasteiger partial charge on any atom is 0.319 e. The molecule has 3 heterocycles. The fraction of sp³-hybridized carbons (Fsp3) is 0.429. The van der Waals surface area contributed by atoms with Crippen molar-refractivity contribution in [1.82, 2.24) is 25.2 Å². The summed E-state index contributed by atoms with van der Waals surface area (Å²) in [7, 11) is 0.0655. The van der Waals surface area contributed by atoms with Crippen LogP contribution in [0.15, 0.2) is 59.8 Å². The van der Waals surface area contributed by atoms with Gasteiger partial charge in [0.2, 0.25) is 0 Å². The summed E-state index contributed by atoms with van der Waals surface area (Å²) in [5, 5.41) is 5.64. The van der Waals surface area contributed by atoms with Crippen LogP contribution in [0.25, 0.3) is 11.4 Å². The molecule has 0 bridgehead atoms. The lowest BCUT2D eigenvalue weighted by Gasteiger charge is -2.35. The van der Waals surface area contributed by atoms with Gasteiger partial charge in [0.15, 0.2) is 15.7 Å². The normalized spacial score (nSPS) is 16.1. The van der Waals surface area contributed by atoms with Gasteiger partial charge in [-0.2, -0.15) is 0 Å². The van der Waals surface area contributed by atoms with Crippen LogP contribution in [0.5, 0.6) is 0 Å². The first-order valence-electron chi connectivity index (χ1n) is 13.2. The van der Waals surface area contributed by atoms with E-state index in [4.69, 9.17) is 14.7 Å². The van der Waals surface area contributed by atoms with Gasteiger partial charge in [0.05, 0.1) is 29.8 Å². The Kier molecular flexibility index (Phi) is 9.02. The van der Waals surface area contributed by atoms with E-state index in [0.29, 0.717) is 54.9 Å². The highest BCUT2D eigenvalue weighted by Crippen LogP contribution is 2.36. The number of likely N-dealkylation sites (N-methyl/N-ethyl adjacent to an activating group) is 1. The van der Waals surface area contributed by atoms with Crippen molar-refractivity contribution in [2.24, 2.45) is 0 Å². The van der Waals surface area contributed by atoms with Crippen LogP contribution < -0.4 is 15.5 Å². The highest BCUT2D eigenvalue weighted by molar-refractivity contribution is 7.92. The largest absolute Gasteiger partial charge is 0.377 e. The number of rotatable bonds is 9. The van der Waals surface area contributed by atoms with Crippen molar-refractivity contribution in [3.8, 4) is 11.4 Å². The van der Waals surface area contributed by atoms with E-state index >= 15 is 0 Å². The van der Waals surface area contributed by atoms with E-state index < -0.39 is 14.6 Å². The lowest BCUT2D eigenvalue weighted by atomic mass is 10.1. The molecule has 2 aromatic heterocycles. The van der Waals surface area contributed by atoms with Crippen molar-refractivity contribution in [3.05, 3.63) is 60.6 Å². The number of amides is 2. The minimum atomic E-state index is -3.82. The van der Waals surface area contributed by atoms with E-state index in [2.05, 4.69) is 20.5 Å². The lowest BCUT2D eigenvalue weighted by Crippen LogP contribution is -2.44. The maximum atomic E-state index is 13.7. The second-order valence-corrected chi connectivity index (χ2v) is 13.0. The van der Waals surface area contributed by atoms with E-state index in [-0.39, 0.29) is 17.0 Å². The topological polar surface area (TPSA) is 130 Å². The summed E-state index contributed by atoms with van der Waals surface area (Å²) in [6.45, 7) is 8.34. The number of hydrogen-bond acceptors (Lipinski definition) is 9. The molecule has 0 aliphatic carbocycles. The molecule has 1 atom stereocenters. The van der Waals surface area contributed by atoms with Crippen molar-refractivity contribution in [3.63, 3.8) is 0 Å². The number of nitrogens with one attached hydrogen (secondary N) is 2. The molecule has 11 nitrogen and oxygen atoms in total. The number of urea groups is 1. The zero-order chi connectivity index (χ0) is 28.9. The Morgan fingerprint density at radius 2 is 1.82 bits per heavy atom. The van der Waals surface area contributed by atoms with Gasteiger partial charge in [0, 0.05) is 49.3 Å². The number of pyridine rings is 1. The number of hydrogen-bond donors (Lipinski definition) is 2. The second kappa shape index (κ2) is 12.3. The first kappa shape index (κ1) is 29.4. The van der Waals surface area contributed by atoms with E-state index in [9.17, 15) is 13.2 Å². The Morgan fingerprint density at radius 1 is 1.12 bits per heavy atom. The number of morpholine rings is 1. The summed E-state index contributed by atoms with van der Waals surface area (Å²) < 4.78 is 31.7. The van der Waals surface area contributed by atoms with E-state index in [1.807, 2.05) is 38.1 Å². The van der Waals surface area contributed by atoms with Crippen LogP contribution >= 0.6 is 0 Å². The number of benzene rings is 1. The van der Waals surface area contributed by atoms with Crippen LogP contribution in [0.3, 0.4) is 0 Å². The molecule has 0 radical (unpaired) electrons. The van der Waals surface area contributed by atoms with E-state index in [1.54, 1.807) is 32.0 Å². The van der Waals surface area contributed by atoms with Crippen LogP contribution in [0.2, 0.25) is 0 Å². The highest BCUT2D eigenvalue weighted by Gasteiger charge is 2.40. The molecule has 0 saturated carbocycles. The standard InChI is InChI=1S/C28H37N7O4S/c1-20-19-39-17-16-35(20)25-18-24(28(2,3)40(37,38)23-10-12-29-13-11-23)32-26(33-25)21-6-8-22(9-7-21)31-27(36)30-14-15-34(4)5/h6-13,18,20H,14-17,19H2,1-5H3,(H2,30,31,36)/t20-/m0/s1. The number of aromatic nitrogens is 3. The van der Waals surface area contributed by atoms with Crippen molar-refractivity contribution in [2.45, 2.75) is 36.5 Å². The molecule has 1 aliphatic rings. The van der Waals surface area contributed by atoms with Crippen molar-refractivity contribution in [1.29, 1.82) is 0 Å². The van der Waals surface area contributed by atoms with Crippen LogP contribution in [0, 0.1) is 0 Å². The predicted molar refractivity (Wildman–Crippen MR) is 155 cm³/mol. The molecule has 2 N–H and O–H groups in total. The Balaban J connectivity index is 1.68. The van der Waals surface area contributed by atoms with Gasteiger partial charge in [-0.1, -0.05) is 0 Å². The Labute approximate surface area is 235 Å². The molecule has 3 aromatic rings. The van der Waals surface area contributed by atoms with Crippen LogP contribution in [0.1, 0.15) is 26.5 Å². The maximum absolute atomic E-state index is 13.7. The number of sulfone groups is 1. The fourth-order valence-electron chi connectivity index (χ4n) is 4.31. The summed E-state index contributed by atoms with van der Waals surface area (Å²) in [5.74, 6) is 1.03. The van der Waals surface area contributed by atoms with Crippen LogP contribution in [-0.4, -0.2) is 87.3 Å². The number of anilines is 2. The zero-order valence-electron chi connectivity index (χ0n) is 23.6. The molecule has 0 spiro atoms. The van der Waals surface area contributed by atoms with Gasteiger partial charge in [-0.05, 0) is 71.3 Å². The van der Waals surface area contributed by atoms with Gasteiger partial charge in [-0.15, -0.1) is 0 Å². The molecular weight excluding hydrogens is 530 g/mol. The Bertz CT molecular complexity index is 1410. The second-order valence-electron chi connectivity index (χ2n) is 10.5. The summed E-state index contributed by atoms with van der Waals surface area (Å²) in [6.07, 6.45) is 2.93. The lowest BCUT2D eigenvalue weighted by molar-refractivity contribution is 0.0985. The smallest absolute Gasteiger partial charge is 0.319 e. The Morgan fingerprint density at radius 3 is 2.48 bits per heavy atom. The molecule has 214 valence electrons. The zero-order valence-corrected chi connectivity index (χ0v) is 24.4. The minimum Gasteiger partial charge on any atom is -0.377 e. The summed E-state index contributed by atoms with van der Waals surface area (Å²) >= 11 is 0. The van der Waals surface area contributed by atoms with Gasteiger partial charge in [-0.25, -0.2) is 23.2 Å². The highest BCUT2D eigenvalue weighted by atomic mass is 32.2. The molecule has 1 aromatic carbocycles. The Hall–Kier alpha value is -3.61. The minimum absolute atomic E-state index is 0.0573. The number of nitrogens with zero attached hydrogens (tertiary/aromatic N) is 5. The van der Waals surface area contributed by atoms with Crippen molar-refractivity contribution >= 4 is 27.4 Å². The molecule has 0 unspecified atom stereocenters. The fourth-order valence-corrected chi connectivity index (χ4v) is 5.76. The third-order valence-electron chi connectivity index (χ3n) is 6.87. The molecule has 4 rings (SSSR count). The molecule has 12 heteroatoms. The van der Waals surface area contributed by atoms with Gasteiger partial charge >= 0.3 is 6.03 Å². The first-order valence-corrected chi connectivity index (χ1v) is 14.7. The average Bonchev–Trinajstić information content (AvgIpc) is 2.93. The molecule has 40 heavy (non-hydrogen) atoms. The number of ether oxygens (including phenoxy) is 1. The molecule has 1 aliphatic heterocycles. The van der Waals surface area contributed by atoms with Gasteiger partial charge in [0.25, 0.3) is 0 Å². The molecule has 2 amide bonds. The van der Waals surface area contributed by atoms with Crippen molar-refractivity contribution < 1.29 is 17.9 Å². The monoisotopic (exact) mass is 567 g/mol. The van der Waals surface area contributed by atoms with E-state index in [1.165, 1.54) is 24.5 Å². The summed E-state index contributed by atoms with van der Waals surface area (Å²) in [6, 6.07) is 11.7. The third-order valence-corrected chi connectivity index (χ3v) is 9.31. The third kappa shape index (κ3) is 6.57. The number of carbonyl (C=O) groups is 1. The molecular formula is C28H37N7O4S. The van der Waals surface area contributed by atoms with E-state index in [0.717, 1.165) is 6.54 Å². The summed E-state index contributed by atoms with van der Waals surface area (Å²) in [5.41, 5.74) is 1.69. The SMILES string of the molecule is C[C@H]1COCCN1c1cc(C(C)(C)S(=O)(=O)c2ccncc2)nc(-c2ccc(NC(=O)NCCN(C)C)cc2)n1. The molecule has 1 saturated heterocycles. The number of carbonyl (C=O) groups excluding carboxylic acids is 1. The van der Waals surface area contributed by atoms with Crippen LogP contribution in [-0.2, 0) is 19.3 Å². The van der Waals surface area contributed by atoms with Gasteiger partial charge in [0.1, 0.15) is 10.6 Å². The summed E-state index contributed by atoms with van der Waals surface area (Å²) in [4.78, 5) is 30.1. The first-order chi connectivity index (χ1) is 19.0. The van der Waals surface area contributed by atoms with Gasteiger partial charge < -0.3 is 25.2 Å². The van der Waals surface area contributed by atoms with Crippen molar-refractivity contribution in [2.75, 3.05) is 57.2 Å². The van der Waals surface area contributed by atoms with Crippen LogP contribution in [0.4, 0.5) is 16.3 Å². The predicted octanol–water partition coefficient (Wildman–Crippen LogP) is 3.16. The quantitative estimate of drug-likeness (QED) is 0.400.